The Labute approximate surface area is 187 Å². The molecule has 1 N–H and O–H groups in total. The zero-order chi connectivity index (χ0) is 22.1. The number of para-hydroxylation sites is 1. The summed E-state index contributed by atoms with van der Waals surface area (Å²) in [5.41, 5.74) is 2.72. The Morgan fingerprint density at radius 1 is 1.09 bits per heavy atom. The number of nitrogens with zero attached hydrogens (tertiary/aromatic N) is 4. The second-order valence-electron chi connectivity index (χ2n) is 8.57. The summed E-state index contributed by atoms with van der Waals surface area (Å²) < 4.78 is 0. The van der Waals surface area contributed by atoms with Crippen LogP contribution in [0.15, 0.2) is 48.7 Å². The van der Waals surface area contributed by atoms with Crippen molar-refractivity contribution in [3.63, 3.8) is 0 Å². The van der Waals surface area contributed by atoms with Gasteiger partial charge in [-0.15, -0.1) is 0 Å². The van der Waals surface area contributed by atoms with Gasteiger partial charge in [0.1, 0.15) is 12.6 Å². The molecule has 3 aliphatic heterocycles. The highest BCUT2D eigenvalue weighted by Gasteiger charge is 2.48. The van der Waals surface area contributed by atoms with Gasteiger partial charge in [0.2, 0.25) is 11.8 Å². The summed E-state index contributed by atoms with van der Waals surface area (Å²) in [5, 5.41) is 3.28. The first kappa shape index (κ1) is 20.6. The van der Waals surface area contributed by atoms with Gasteiger partial charge in [-0.1, -0.05) is 24.3 Å². The number of fused-ring (bicyclic) bond motifs is 2. The Bertz CT molecular complexity index is 1030. The maximum absolute atomic E-state index is 13.5. The lowest BCUT2D eigenvalue weighted by atomic mass is 9.93. The maximum atomic E-state index is 13.5. The number of aromatic nitrogens is 1. The van der Waals surface area contributed by atoms with Crippen LogP contribution in [0.25, 0.3) is 0 Å². The predicted octanol–water partition coefficient (Wildman–Crippen LogP) is 1.95. The number of urea groups is 1. The summed E-state index contributed by atoms with van der Waals surface area (Å²) in [6, 6.07) is 12.1. The maximum Gasteiger partial charge on any atom is 0.327 e. The molecule has 4 heterocycles. The molecule has 8 heteroatoms. The van der Waals surface area contributed by atoms with Gasteiger partial charge in [0, 0.05) is 18.4 Å². The topological polar surface area (TPSA) is 85.8 Å². The summed E-state index contributed by atoms with van der Waals surface area (Å²) in [6.07, 6.45) is 5.05. The van der Waals surface area contributed by atoms with Crippen molar-refractivity contribution in [1.82, 2.24) is 20.1 Å². The van der Waals surface area contributed by atoms with Crippen LogP contribution in [0.1, 0.15) is 30.5 Å². The molecule has 0 bridgehead atoms. The highest BCUT2D eigenvalue weighted by molar-refractivity contribution is 6.03. The zero-order valence-electron chi connectivity index (χ0n) is 17.9. The monoisotopic (exact) mass is 433 g/mol. The van der Waals surface area contributed by atoms with Crippen LogP contribution < -0.4 is 10.2 Å². The molecule has 2 aromatic rings. The molecule has 3 aliphatic rings. The second-order valence-corrected chi connectivity index (χ2v) is 8.57. The van der Waals surface area contributed by atoms with Crippen molar-refractivity contribution >= 4 is 23.5 Å². The average Bonchev–Trinajstić information content (AvgIpc) is 2.84. The van der Waals surface area contributed by atoms with Crippen molar-refractivity contribution < 1.29 is 14.4 Å². The lowest BCUT2D eigenvalue weighted by Crippen LogP contribution is -2.70. The smallest absolute Gasteiger partial charge is 0.311 e. The number of pyridine rings is 1. The number of nitrogens with one attached hydrogen (secondary N) is 1. The van der Waals surface area contributed by atoms with E-state index in [1.807, 2.05) is 24.3 Å². The molecule has 2 unspecified atom stereocenters. The van der Waals surface area contributed by atoms with E-state index in [0.717, 1.165) is 37.1 Å². The molecule has 1 aromatic carbocycles. The third-order valence-electron chi connectivity index (χ3n) is 6.60. The molecule has 8 nitrogen and oxygen atoms in total. The molecular formula is C24H27N5O3. The lowest BCUT2D eigenvalue weighted by molar-refractivity contribution is -0.139. The van der Waals surface area contributed by atoms with E-state index in [4.69, 9.17) is 0 Å². The van der Waals surface area contributed by atoms with E-state index < -0.39 is 12.1 Å². The fourth-order valence-electron chi connectivity index (χ4n) is 5.03. The molecule has 2 atom stereocenters. The third-order valence-corrected chi connectivity index (χ3v) is 6.60. The molecule has 0 spiro atoms. The fourth-order valence-corrected chi connectivity index (χ4v) is 5.03. The van der Waals surface area contributed by atoms with Crippen molar-refractivity contribution in [2.45, 2.75) is 44.3 Å². The minimum absolute atomic E-state index is 0.0397. The highest BCUT2D eigenvalue weighted by atomic mass is 16.2. The average molecular weight is 434 g/mol. The molecule has 2 saturated heterocycles. The van der Waals surface area contributed by atoms with Crippen LogP contribution in [0, 0.1) is 0 Å². The number of amides is 4. The summed E-state index contributed by atoms with van der Waals surface area (Å²) in [5.74, 6) is -0.348. The van der Waals surface area contributed by atoms with Crippen molar-refractivity contribution in [2.75, 3.05) is 24.5 Å². The molecule has 32 heavy (non-hydrogen) atoms. The van der Waals surface area contributed by atoms with Crippen molar-refractivity contribution in [3.05, 3.63) is 59.9 Å². The minimum atomic E-state index is -0.494. The Kier molecular flexibility index (Phi) is 5.61. The number of anilines is 1. The van der Waals surface area contributed by atoms with Gasteiger partial charge in [-0.2, -0.15) is 0 Å². The SMILES string of the molecule is O=C1C2NCCCC2N(CC(=O)N2CCCc3ccccc32)C(=O)N1Cc1ccccn1. The summed E-state index contributed by atoms with van der Waals surface area (Å²) in [7, 11) is 0. The minimum Gasteiger partial charge on any atom is -0.311 e. The van der Waals surface area contributed by atoms with Crippen LogP contribution in [0.5, 0.6) is 0 Å². The van der Waals surface area contributed by atoms with E-state index in [0.29, 0.717) is 18.7 Å². The van der Waals surface area contributed by atoms with Gasteiger partial charge >= 0.3 is 6.03 Å². The number of rotatable bonds is 4. The van der Waals surface area contributed by atoms with Gasteiger partial charge in [0.25, 0.3) is 0 Å². The Morgan fingerprint density at radius 3 is 2.78 bits per heavy atom. The van der Waals surface area contributed by atoms with Gasteiger partial charge in [0.15, 0.2) is 0 Å². The van der Waals surface area contributed by atoms with Gasteiger partial charge in [0.05, 0.1) is 18.3 Å². The molecule has 166 valence electrons. The summed E-state index contributed by atoms with van der Waals surface area (Å²) in [4.78, 5) is 48.9. The number of benzene rings is 1. The van der Waals surface area contributed by atoms with E-state index >= 15 is 0 Å². The van der Waals surface area contributed by atoms with E-state index in [1.165, 1.54) is 4.90 Å². The highest BCUT2D eigenvalue weighted by Crippen LogP contribution is 2.29. The third kappa shape index (κ3) is 3.75. The van der Waals surface area contributed by atoms with Crippen molar-refractivity contribution in [3.8, 4) is 0 Å². The Hall–Kier alpha value is -3.26. The Morgan fingerprint density at radius 2 is 1.94 bits per heavy atom. The van der Waals surface area contributed by atoms with E-state index in [1.54, 1.807) is 28.1 Å². The van der Waals surface area contributed by atoms with E-state index in [2.05, 4.69) is 16.4 Å². The van der Waals surface area contributed by atoms with Gasteiger partial charge in [-0.3, -0.25) is 19.5 Å². The van der Waals surface area contributed by atoms with Crippen LogP contribution >= 0.6 is 0 Å². The number of hydrogen-bond donors (Lipinski definition) is 1. The fraction of sp³-hybridized carbons (Fsp3) is 0.417. The first-order chi connectivity index (χ1) is 15.6. The van der Waals surface area contributed by atoms with Crippen LogP contribution in [-0.2, 0) is 22.6 Å². The normalized spacial score (nSPS) is 23.1. The van der Waals surface area contributed by atoms with Gasteiger partial charge in [-0.25, -0.2) is 4.79 Å². The van der Waals surface area contributed by atoms with Crippen LogP contribution in [0.4, 0.5) is 10.5 Å². The van der Waals surface area contributed by atoms with E-state index in [-0.39, 0.29) is 30.9 Å². The molecule has 0 radical (unpaired) electrons. The van der Waals surface area contributed by atoms with Crippen LogP contribution in [0.2, 0.25) is 0 Å². The van der Waals surface area contributed by atoms with Crippen molar-refractivity contribution in [1.29, 1.82) is 0 Å². The second kappa shape index (κ2) is 8.70. The van der Waals surface area contributed by atoms with Crippen LogP contribution in [0.3, 0.4) is 0 Å². The number of hydrogen-bond acceptors (Lipinski definition) is 5. The first-order valence-corrected chi connectivity index (χ1v) is 11.3. The lowest BCUT2D eigenvalue weighted by Gasteiger charge is -2.47. The Balaban J connectivity index is 1.40. The number of piperidine rings is 1. The zero-order valence-corrected chi connectivity index (χ0v) is 17.9. The molecule has 0 aliphatic carbocycles. The summed E-state index contributed by atoms with van der Waals surface area (Å²) in [6.45, 7) is 1.42. The van der Waals surface area contributed by atoms with Crippen LogP contribution in [-0.4, -0.2) is 64.3 Å². The quantitative estimate of drug-likeness (QED) is 0.797. The van der Waals surface area contributed by atoms with Gasteiger partial charge in [-0.05, 0) is 56.0 Å². The number of aryl methyl sites for hydroxylation is 1. The van der Waals surface area contributed by atoms with E-state index in [9.17, 15) is 14.4 Å². The number of carbonyl (C=O) groups is 3. The predicted molar refractivity (Wildman–Crippen MR) is 119 cm³/mol. The largest absolute Gasteiger partial charge is 0.327 e. The van der Waals surface area contributed by atoms with Crippen molar-refractivity contribution in [2.24, 2.45) is 0 Å². The molecule has 4 amide bonds. The molecule has 5 rings (SSSR count). The molecule has 1 aromatic heterocycles. The number of imide groups is 1. The number of carbonyl (C=O) groups excluding carboxylic acids is 3. The van der Waals surface area contributed by atoms with Gasteiger partial charge < -0.3 is 15.1 Å². The molecular weight excluding hydrogens is 406 g/mol. The molecule has 2 fully saturated rings. The molecule has 0 saturated carbocycles. The standard InChI is InChI=1S/C24H27N5O3/c30-21(27-14-6-8-17-7-1-2-10-19(17)27)16-28-20-11-5-13-26-22(20)23(31)29(24(28)32)15-18-9-3-4-12-25-18/h1-4,7,9-10,12,20,22,26H,5-6,8,11,13-16H2. The first-order valence-electron chi connectivity index (χ1n) is 11.3. The summed E-state index contributed by atoms with van der Waals surface area (Å²) >= 11 is 0.